The Labute approximate surface area is 116 Å². The summed E-state index contributed by atoms with van der Waals surface area (Å²) in [6.07, 6.45) is 0. The van der Waals surface area contributed by atoms with Crippen molar-refractivity contribution in [1.82, 2.24) is 0 Å². The highest BCUT2D eigenvalue weighted by Crippen LogP contribution is 2.29. The highest BCUT2D eigenvalue weighted by atomic mass is 79.9. The van der Waals surface area contributed by atoms with Crippen molar-refractivity contribution in [1.29, 1.82) is 0 Å². The summed E-state index contributed by atoms with van der Waals surface area (Å²) in [7, 11) is 0. The van der Waals surface area contributed by atoms with E-state index in [-0.39, 0.29) is 5.78 Å². The maximum Gasteiger partial charge on any atom is 0.239 e. The molecule has 0 radical (unpaired) electrons. The first-order valence-corrected chi connectivity index (χ1v) is 7.11. The van der Waals surface area contributed by atoms with E-state index in [1.165, 1.54) is 11.3 Å². The molecule has 90 valence electrons. The van der Waals surface area contributed by atoms with Crippen LogP contribution in [0.25, 0.3) is 11.0 Å². The molecule has 0 atom stereocenters. The Hall–Kier alpha value is -1.39. The molecule has 0 fully saturated rings. The molecule has 4 heteroatoms. The first-order chi connectivity index (χ1) is 8.66. The number of rotatable bonds is 2. The van der Waals surface area contributed by atoms with Gasteiger partial charge in [0, 0.05) is 9.86 Å². The summed E-state index contributed by atoms with van der Waals surface area (Å²) in [6.45, 7) is 1.97. The zero-order valence-electron chi connectivity index (χ0n) is 9.57. The minimum absolute atomic E-state index is 0.0764. The number of ketones is 1. The molecule has 3 aromatic rings. The molecule has 0 bridgehead atoms. The zero-order chi connectivity index (χ0) is 12.7. The molecule has 0 amide bonds. The van der Waals surface area contributed by atoms with E-state index in [0.717, 1.165) is 21.0 Å². The lowest BCUT2D eigenvalue weighted by Crippen LogP contribution is -1.96. The minimum Gasteiger partial charge on any atom is -0.452 e. The number of fused-ring (bicyclic) bond motifs is 1. The van der Waals surface area contributed by atoms with Gasteiger partial charge in [-0.1, -0.05) is 18.2 Å². The standard InChI is InChI=1S/C14H9BrO2S/c1-8-3-2-4-9-7-11(17-13(8)9)12(16)14-10(15)5-6-18-14/h2-7H,1H3. The van der Waals surface area contributed by atoms with Gasteiger partial charge in [-0.25, -0.2) is 0 Å². The number of carbonyl (C=O) groups excluding carboxylic acids is 1. The Kier molecular flexibility index (Phi) is 2.84. The van der Waals surface area contributed by atoms with Crippen LogP contribution in [-0.4, -0.2) is 5.78 Å². The van der Waals surface area contributed by atoms with E-state index >= 15 is 0 Å². The van der Waals surface area contributed by atoms with Crippen LogP contribution in [0, 0.1) is 6.92 Å². The number of para-hydroxylation sites is 1. The smallest absolute Gasteiger partial charge is 0.239 e. The van der Waals surface area contributed by atoms with Crippen LogP contribution in [0.5, 0.6) is 0 Å². The van der Waals surface area contributed by atoms with Crippen molar-refractivity contribution >= 4 is 44.0 Å². The summed E-state index contributed by atoms with van der Waals surface area (Å²) in [5, 5.41) is 2.84. The number of hydrogen-bond donors (Lipinski definition) is 0. The number of benzene rings is 1. The van der Waals surface area contributed by atoms with Gasteiger partial charge in [0.1, 0.15) is 5.58 Å². The SMILES string of the molecule is Cc1cccc2cc(C(=O)c3sccc3Br)oc12. The monoisotopic (exact) mass is 320 g/mol. The van der Waals surface area contributed by atoms with Crippen molar-refractivity contribution in [3.8, 4) is 0 Å². The molecule has 0 saturated heterocycles. The Bertz CT molecular complexity index is 739. The molecule has 0 saturated carbocycles. The molecule has 18 heavy (non-hydrogen) atoms. The normalized spacial score (nSPS) is 11.0. The third-order valence-electron chi connectivity index (χ3n) is 2.79. The molecule has 3 rings (SSSR count). The summed E-state index contributed by atoms with van der Waals surface area (Å²) in [4.78, 5) is 13.0. The van der Waals surface area contributed by atoms with Gasteiger partial charge in [0.05, 0.1) is 4.88 Å². The largest absolute Gasteiger partial charge is 0.452 e. The van der Waals surface area contributed by atoms with Crippen LogP contribution < -0.4 is 0 Å². The summed E-state index contributed by atoms with van der Waals surface area (Å²) in [5.41, 5.74) is 1.82. The van der Waals surface area contributed by atoms with Gasteiger partial charge in [-0.05, 0) is 45.9 Å². The number of hydrogen-bond acceptors (Lipinski definition) is 3. The molecule has 0 N–H and O–H groups in total. The average molecular weight is 321 g/mol. The van der Waals surface area contributed by atoms with Crippen LogP contribution in [0.1, 0.15) is 21.0 Å². The van der Waals surface area contributed by atoms with Crippen LogP contribution >= 0.6 is 27.3 Å². The van der Waals surface area contributed by atoms with Crippen LogP contribution in [0.15, 0.2) is 44.6 Å². The molecule has 0 unspecified atom stereocenters. The van der Waals surface area contributed by atoms with Crippen molar-refractivity contribution in [3.05, 3.63) is 56.4 Å². The molecular formula is C14H9BrO2S. The predicted molar refractivity (Wildman–Crippen MR) is 76.4 cm³/mol. The third-order valence-corrected chi connectivity index (χ3v) is 4.62. The number of furan rings is 1. The molecule has 0 aliphatic rings. The minimum atomic E-state index is -0.0764. The Morgan fingerprint density at radius 2 is 2.17 bits per heavy atom. The van der Waals surface area contributed by atoms with Gasteiger partial charge in [-0.3, -0.25) is 4.79 Å². The van der Waals surface area contributed by atoms with E-state index < -0.39 is 0 Å². The van der Waals surface area contributed by atoms with Crippen molar-refractivity contribution in [3.63, 3.8) is 0 Å². The van der Waals surface area contributed by atoms with Gasteiger partial charge in [0.25, 0.3) is 0 Å². The highest BCUT2D eigenvalue weighted by Gasteiger charge is 2.18. The summed E-state index contributed by atoms with van der Waals surface area (Å²) < 4.78 is 6.49. The molecule has 0 aliphatic heterocycles. The Balaban J connectivity index is 2.13. The van der Waals surface area contributed by atoms with Gasteiger partial charge in [-0.2, -0.15) is 0 Å². The highest BCUT2D eigenvalue weighted by molar-refractivity contribution is 9.10. The number of halogens is 1. The topological polar surface area (TPSA) is 30.2 Å². The Morgan fingerprint density at radius 3 is 2.83 bits per heavy atom. The van der Waals surface area contributed by atoms with E-state index in [2.05, 4.69) is 15.9 Å². The van der Waals surface area contributed by atoms with Crippen LogP contribution in [0.2, 0.25) is 0 Å². The molecule has 2 heterocycles. The first kappa shape index (κ1) is 11.7. The van der Waals surface area contributed by atoms with Crippen LogP contribution in [0.3, 0.4) is 0 Å². The number of carbonyl (C=O) groups is 1. The second-order valence-electron chi connectivity index (χ2n) is 4.03. The molecule has 1 aromatic carbocycles. The molecule has 0 spiro atoms. The molecule has 2 nitrogen and oxygen atoms in total. The van der Waals surface area contributed by atoms with Gasteiger partial charge in [0.2, 0.25) is 5.78 Å². The average Bonchev–Trinajstić information content (AvgIpc) is 2.95. The van der Waals surface area contributed by atoms with Gasteiger partial charge in [0.15, 0.2) is 5.76 Å². The second-order valence-corrected chi connectivity index (χ2v) is 5.80. The van der Waals surface area contributed by atoms with Crippen molar-refractivity contribution in [2.75, 3.05) is 0 Å². The van der Waals surface area contributed by atoms with E-state index in [9.17, 15) is 4.79 Å². The van der Waals surface area contributed by atoms with Crippen molar-refractivity contribution in [2.24, 2.45) is 0 Å². The van der Waals surface area contributed by atoms with Gasteiger partial charge < -0.3 is 4.42 Å². The zero-order valence-corrected chi connectivity index (χ0v) is 12.0. The fourth-order valence-corrected chi connectivity index (χ4v) is 3.38. The number of thiophene rings is 1. The van der Waals surface area contributed by atoms with E-state index in [1.54, 1.807) is 6.07 Å². The van der Waals surface area contributed by atoms with Crippen LogP contribution in [-0.2, 0) is 0 Å². The quantitative estimate of drug-likeness (QED) is 0.635. The first-order valence-electron chi connectivity index (χ1n) is 5.43. The van der Waals surface area contributed by atoms with E-state index in [4.69, 9.17) is 4.42 Å². The van der Waals surface area contributed by atoms with E-state index in [1.807, 2.05) is 36.6 Å². The van der Waals surface area contributed by atoms with E-state index in [0.29, 0.717) is 10.6 Å². The fraction of sp³-hybridized carbons (Fsp3) is 0.0714. The third kappa shape index (κ3) is 1.82. The molecular weight excluding hydrogens is 312 g/mol. The maximum atomic E-state index is 12.3. The predicted octanol–water partition coefficient (Wildman–Crippen LogP) is 4.80. The lowest BCUT2D eigenvalue weighted by Gasteiger charge is -1.94. The lowest BCUT2D eigenvalue weighted by atomic mass is 10.1. The summed E-state index contributed by atoms with van der Waals surface area (Å²) in [6, 6.07) is 9.55. The van der Waals surface area contributed by atoms with Crippen molar-refractivity contribution < 1.29 is 9.21 Å². The lowest BCUT2D eigenvalue weighted by molar-refractivity contribution is 0.101. The second kappa shape index (κ2) is 4.37. The summed E-state index contributed by atoms with van der Waals surface area (Å²) >= 11 is 4.78. The summed E-state index contributed by atoms with van der Waals surface area (Å²) in [5.74, 6) is 0.315. The molecule has 2 aromatic heterocycles. The number of aryl methyl sites for hydroxylation is 1. The Morgan fingerprint density at radius 1 is 1.33 bits per heavy atom. The van der Waals surface area contributed by atoms with Gasteiger partial charge in [-0.15, -0.1) is 11.3 Å². The fourth-order valence-electron chi connectivity index (χ4n) is 1.89. The van der Waals surface area contributed by atoms with Crippen LogP contribution in [0.4, 0.5) is 0 Å². The van der Waals surface area contributed by atoms with Gasteiger partial charge >= 0.3 is 0 Å². The molecule has 0 aliphatic carbocycles. The maximum absolute atomic E-state index is 12.3. The van der Waals surface area contributed by atoms with Crippen molar-refractivity contribution in [2.45, 2.75) is 6.92 Å².